The van der Waals surface area contributed by atoms with Gasteiger partial charge in [0.15, 0.2) is 5.65 Å². The molecule has 1 amide bonds. The van der Waals surface area contributed by atoms with Crippen LogP contribution in [-0.2, 0) is 13.5 Å². The summed E-state index contributed by atoms with van der Waals surface area (Å²) in [6.07, 6.45) is 8.71. The Morgan fingerprint density at radius 2 is 1.90 bits per heavy atom. The number of hydrogen-bond acceptors (Lipinski definition) is 5. The largest absolute Gasteiger partial charge is 0.350 e. The number of aromatic nitrogens is 4. The summed E-state index contributed by atoms with van der Waals surface area (Å²) in [5, 5.41) is 4.28. The van der Waals surface area contributed by atoms with Gasteiger partial charge in [-0.2, -0.15) is 5.10 Å². The van der Waals surface area contributed by atoms with E-state index in [4.69, 9.17) is 0 Å². The Morgan fingerprint density at radius 3 is 2.72 bits per heavy atom. The molecule has 3 aromatic heterocycles. The van der Waals surface area contributed by atoms with Gasteiger partial charge >= 0.3 is 5.69 Å². The number of hydrogen-bond donors (Lipinski definition) is 0. The van der Waals surface area contributed by atoms with Gasteiger partial charge in [0, 0.05) is 50.8 Å². The van der Waals surface area contributed by atoms with Gasteiger partial charge in [0.1, 0.15) is 5.82 Å². The van der Waals surface area contributed by atoms with Crippen molar-refractivity contribution in [2.75, 3.05) is 24.5 Å². The van der Waals surface area contributed by atoms with Crippen LogP contribution in [0, 0.1) is 0 Å². The van der Waals surface area contributed by atoms with Gasteiger partial charge in [0.05, 0.1) is 5.56 Å². The van der Waals surface area contributed by atoms with E-state index in [1.165, 1.54) is 15.5 Å². The molecule has 3 aromatic rings. The van der Waals surface area contributed by atoms with Gasteiger partial charge in [-0.05, 0) is 49.8 Å². The minimum Gasteiger partial charge on any atom is -0.339 e. The fraction of sp³-hybridized carbons (Fsp3) is 0.429. The third kappa shape index (κ3) is 3.08. The highest BCUT2D eigenvalue weighted by molar-refractivity contribution is 5.94. The summed E-state index contributed by atoms with van der Waals surface area (Å²) in [7, 11) is 1.65. The van der Waals surface area contributed by atoms with Crippen LogP contribution in [0.2, 0.25) is 0 Å². The Hall–Kier alpha value is -3.16. The molecule has 8 heteroatoms. The van der Waals surface area contributed by atoms with E-state index >= 15 is 0 Å². The summed E-state index contributed by atoms with van der Waals surface area (Å²) in [6, 6.07) is 5.83. The van der Waals surface area contributed by atoms with E-state index < -0.39 is 0 Å². The number of amides is 1. The maximum Gasteiger partial charge on any atom is 0.350 e. The topological polar surface area (TPSA) is 75.7 Å². The second-order valence-electron chi connectivity index (χ2n) is 7.83. The zero-order chi connectivity index (χ0) is 20.0. The predicted octanol–water partition coefficient (Wildman–Crippen LogP) is 2.14. The van der Waals surface area contributed by atoms with Crippen molar-refractivity contribution in [3.8, 4) is 0 Å². The third-order valence-corrected chi connectivity index (χ3v) is 5.88. The number of likely N-dealkylation sites (tertiary alicyclic amines) is 1. The van der Waals surface area contributed by atoms with E-state index in [2.05, 4.69) is 15.0 Å². The van der Waals surface area contributed by atoms with Crippen molar-refractivity contribution in [2.24, 2.45) is 7.05 Å². The van der Waals surface area contributed by atoms with Gasteiger partial charge in [-0.3, -0.25) is 9.20 Å². The van der Waals surface area contributed by atoms with E-state index in [0.29, 0.717) is 11.2 Å². The molecular formula is C21H24N6O2. The second kappa shape index (κ2) is 7.02. The molecule has 0 unspecified atom stereocenters. The quantitative estimate of drug-likeness (QED) is 0.668. The average Bonchev–Trinajstić information content (AvgIpc) is 3.06. The van der Waals surface area contributed by atoms with Crippen molar-refractivity contribution in [1.29, 1.82) is 0 Å². The number of nitrogens with zero attached hydrogens (tertiary/aromatic N) is 6. The zero-order valence-electron chi connectivity index (χ0n) is 16.5. The van der Waals surface area contributed by atoms with Crippen LogP contribution < -0.4 is 10.6 Å². The fourth-order valence-corrected chi connectivity index (χ4v) is 4.35. The van der Waals surface area contributed by atoms with Crippen LogP contribution in [0.5, 0.6) is 0 Å². The number of pyridine rings is 2. The summed E-state index contributed by atoms with van der Waals surface area (Å²) in [5.74, 6) is 0.973. The molecule has 8 nitrogen and oxygen atoms in total. The summed E-state index contributed by atoms with van der Waals surface area (Å²) < 4.78 is 2.86. The van der Waals surface area contributed by atoms with Crippen molar-refractivity contribution in [2.45, 2.75) is 32.1 Å². The third-order valence-electron chi connectivity index (χ3n) is 5.88. The molecule has 1 fully saturated rings. The van der Waals surface area contributed by atoms with Crippen LogP contribution in [0.1, 0.15) is 41.6 Å². The van der Waals surface area contributed by atoms with Crippen LogP contribution in [0.3, 0.4) is 0 Å². The van der Waals surface area contributed by atoms with Crippen LogP contribution in [0.15, 0.2) is 35.4 Å². The van der Waals surface area contributed by atoms with Gasteiger partial charge in [0.2, 0.25) is 0 Å². The molecule has 0 N–H and O–H groups in total. The lowest BCUT2D eigenvalue weighted by molar-refractivity contribution is 0.0724. The van der Waals surface area contributed by atoms with E-state index in [9.17, 15) is 9.59 Å². The minimum atomic E-state index is -0.162. The van der Waals surface area contributed by atoms with Crippen LogP contribution >= 0.6 is 0 Å². The van der Waals surface area contributed by atoms with Gasteiger partial charge < -0.3 is 9.80 Å². The van der Waals surface area contributed by atoms with Gasteiger partial charge in [-0.15, -0.1) is 0 Å². The molecule has 0 bridgehead atoms. The predicted molar refractivity (Wildman–Crippen MR) is 110 cm³/mol. The minimum absolute atomic E-state index is 0.0893. The molecule has 0 atom stereocenters. The van der Waals surface area contributed by atoms with E-state index in [0.717, 1.165) is 62.4 Å². The molecule has 0 aromatic carbocycles. The molecule has 150 valence electrons. The first-order chi connectivity index (χ1) is 14.1. The maximum absolute atomic E-state index is 12.8. The molecule has 2 aliphatic rings. The Kier molecular flexibility index (Phi) is 4.34. The second-order valence-corrected chi connectivity index (χ2v) is 7.83. The first-order valence-electron chi connectivity index (χ1n) is 10.2. The van der Waals surface area contributed by atoms with E-state index in [-0.39, 0.29) is 11.6 Å². The average molecular weight is 392 g/mol. The smallest absolute Gasteiger partial charge is 0.339 e. The molecule has 5 rings (SSSR count). The lowest BCUT2D eigenvalue weighted by Crippen LogP contribution is -2.36. The van der Waals surface area contributed by atoms with Gasteiger partial charge in [-0.25, -0.2) is 14.5 Å². The number of anilines is 2. The first kappa shape index (κ1) is 17.9. The highest BCUT2D eigenvalue weighted by atomic mass is 16.2. The van der Waals surface area contributed by atoms with E-state index in [1.807, 2.05) is 23.1 Å². The normalized spacial score (nSPS) is 16.9. The first-order valence-corrected chi connectivity index (χ1v) is 10.2. The molecule has 29 heavy (non-hydrogen) atoms. The molecule has 0 spiro atoms. The summed E-state index contributed by atoms with van der Waals surface area (Å²) in [6.45, 7) is 2.52. The lowest BCUT2D eigenvalue weighted by Gasteiger charge is -2.31. The molecule has 2 aliphatic heterocycles. The van der Waals surface area contributed by atoms with Crippen molar-refractivity contribution >= 4 is 23.1 Å². The fourth-order valence-electron chi connectivity index (χ4n) is 4.35. The van der Waals surface area contributed by atoms with Crippen molar-refractivity contribution in [3.63, 3.8) is 0 Å². The van der Waals surface area contributed by atoms with Gasteiger partial charge in [0.25, 0.3) is 5.91 Å². The van der Waals surface area contributed by atoms with Gasteiger partial charge in [-0.1, -0.05) is 0 Å². The Bertz CT molecular complexity index is 1140. The Morgan fingerprint density at radius 1 is 1.07 bits per heavy atom. The maximum atomic E-state index is 12.8. The molecule has 5 heterocycles. The monoisotopic (exact) mass is 392 g/mol. The Labute approximate surface area is 168 Å². The molecule has 0 aliphatic carbocycles. The Balaban J connectivity index is 1.48. The number of carbonyl (C=O) groups excluding carboxylic acids is 1. The zero-order valence-corrected chi connectivity index (χ0v) is 16.5. The van der Waals surface area contributed by atoms with Crippen LogP contribution in [0.4, 0.5) is 11.5 Å². The van der Waals surface area contributed by atoms with Crippen molar-refractivity contribution in [3.05, 3.63) is 52.2 Å². The van der Waals surface area contributed by atoms with Crippen molar-refractivity contribution in [1.82, 2.24) is 24.1 Å². The standard InChI is InChI=1S/C21H24N6O2/c1-24-21(29)27-11-7-17(13-18(27)23-24)26-10-5-6-15-12-16(14-22-19(15)26)20(28)25-8-3-2-4-9-25/h7,11-14H,2-6,8-10H2,1H3. The number of piperidine rings is 1. The summed E-state index contributed by atoms with van der Waals surface area (Å²) in [5.41, 5.74) is 3.17. The molecule has 0 radical (unpaired) electrons. The molecule has 0 saturated carbocycles. The summed E-state index contributed by atoms with van der Waals surface area (Å²) in [4.78, 5) is 33.7. The lowest BCUT2D eigenvalue weighted by atomic mass is 10.0. The summed E-state index contributed by atoms with van der Waals surface area (Å²) >= 11 is 0. The number of fused-ring (bicyclic) bond motifs is 2. The number of aryl methyl sites for hydroxylation is 2. The highest BCUT2D eigenvalue weighted by Gasteiger charge is 2.24. The SMILES string of the molecule is Cn1nc2cc(N3CCCc4cc(C(=O)N5CCCCC5)cnc43)ccn2c1=O. The highest BCUT2D eigenvalue weighted by Crippen LogP contribution is 2.32. The van der Waals surface area contributed by atoms with Crippen LogP contribution in [0.25, 0.3) is 5.65 Å². The molecule has 1 saturated heterocycles. The molecular weight excluding hydrogens is 368 g/mol. The number of rotatable bonds is 2. The number of carbonyl (C=O) groups is 1. The van der Waals surface area contributed by atoms with E-state index in [1.54, 1.807) is 19.4 Å². The van der Waals surface area contributed by atoms with Crippen molar-refractivity contribution < 1.29 is 4.79 Å². The van der Waals surface area contributed by atoms with Crippen LogP contribution in [-0.4, -0.2) is 49.6 Å².